The first-order valence-corrected chi connectivity index (χ1v) is 14.6. The van der Waals surface area contributed by atoms with Crippen LogP contribution in [0.1, 0.15) is 97.8 Å². The van der Waals surface area contributed by atoms with Crippen molar-refractivity contribution < 1.29 is 23.6 Å². The van der Waals surface area contributed by atoms with Gasteiger partial charge in [-0.1, -0.05) is 45.3 Å². The largest absolute Gasteiger partial charge is 0.469 e. The number of ether oxygens (including phenoxy) is 1. The maximum absolute atomic E-state index is 14.5. The summed E-state index contributed by atoms with van der Waals surface area (Å²) in [6, 6.07) is 0. The first-order chi connectivity index (χ1) is 18.2. The van der Waals surface area contributed by atoms with Crippen LogP contribution in [0.3, 0.4) is 0 Å². The first kappa shape index (κ1) is 26.7. The lowest BCUT2D eigenvalue weighted by Gasteiger charge is -2.69. The molecule has 1 aromatic heterocycles. The maximum Gasteiger partial charge on any atom is 0.312 e. The molecule has 0 amide bonds. The van der Waals surface area contributed by atoms with Gasteiger partial charge in [0.2, 0.25) is 6.08 Å². The Morgan fingerprint density at radius 3 is 2.51 bits per heavy atom. The Balaban J connectivity index is 1.52. The molecule has 3 fully saturated rings. The van der Waals surface area contributed by atoms with Gasteiger partial charge in [-0.25, -0.2) is 4.79 Å². The maximum atomic E-state index is 14.5. The fourth-order valence-electron chi connectivity index (χ4n) is 10.7. The number of fused-ring (bicyclic) bond motifs is 8. The van der Waals surface area contributed by atoms with Crippen LogP contribution in [0.2, 0.25) is 0 Å². The molecule has 5 aliphatic rings. The molecule has 0 aromatic carbocycles. The topological polar surface area (TPSA) is 98.8 Å². The van der Waals surface area contributed by atoms with Gasteiger partial charge >= 0.3 is 5.97 Å². The monoisotopic (exact) mass is 534 g/mol. The molecule has 0 spiro atoms. The molecular formula is C32H42N2O5. The number of esters is 1. The van der Waals surface area contributed by atoms with Crippen molar-refractivity contribution in [2.24, 2.45) is 49.8 Å². The van der Waals surface area contributed by atoms with Gasteiger partial charge < -0.3 is 9.26 Å². The Labute approximate surface area is 231 Å². The normalized spacial score (nSPS) is 45.8. The van der Waals surface area contributed by atoms with Crippen molar-refractivity contribution in [3.8, 4) is 0 Å². The number of hydrogen-bond donors (Lipinski definition) is 0. The highest BCUT2D eigenvalue weighted by Crippen LogP contribution is 2.75. The van der Waals surface area contributed by atoms with Crippen LogP contribution in [-0.4, -0.2) is 30.1 Å². The standard InChI is InChI=1S/C32H42N2O5/c1-27(2)10-12-32(26(37)38-7)13-11-30(5)24(20(32)16-27)21(36)14-23-28(3)15-19-17-34-39-25(19)31(6,33-18-35)22(28)8-9-29(23,30)4/h14,17,20,22,24H,8-13,15-16H2,1-7H3/t20-,22?,24-,28-,29+,30+,31-,32-/m0/s1. The number of hydrogen-bond acceptors (Lipinski definition) is 7. The third-order valence-electron chi connectivity index (χ3n) is 12.9. The Kier molecular flexibility index (Phi) is 5.49. The third kappa shape index (κ3) is 3.14. The first-order valence-electron chi connectivity index (χ1n) is 14.6. The highest BCUT2D eigenvalue weighted by atomic mass is 16.5. The van der Waals surface area contributed by atoms with Crippen LogP contribution in [0.5, 0.6) is 0 Å². The second-order valence-electron chi connectivity index (χ2n) is 15.0. The summed E-state index contributed by atoms with van der Waals surface area (Å²) < 4.78 is 11.1. The molecule has 7 heteroatoms. The molecule has 1 heterocycles. The molecule has 210 valence electrons. The highest BCUT2D eigenvalue weighted by molar-refractivity contribution is 5.96. The number of ketones is 1. The minimum atomic E-state index is -0.885. The third-order valence-corrected chi connectivity index (χ3v) is 12.9. The Morgan fingerprint density at radius 2 is 1.82 bits per heavy atom. The zero-order chi connectivity index (χ0) is 28.2. The van der Waals surface area contributed by atoms with E-state index in [0.717, 1.165) is 50.5 Å². The molecule has 8 atom stereocenters. The molecule has 0 bridgehead atoms. The van der Waals surface area contributed by atoms with Crippen molar-refractivity contribution in [3.05, 3.63) is 29.2 Å². The van der Waals surface area contributed by atoms with E-state index in [1.54, 1.807) is 6.20 Å². The minimum Gasteiger partial charge on any atom is -0.469 e. The zero-order valence-corrected chi connectivity index (χ0v) is 24.5. The summed E-state index contributed by atoms with van der Waals surface area (Å²) in [4.78, 5) is 43.9. The zero-order valence-electron chi connectivity index (χ0n) is 24.5. The average Bonchev–Trinajstić information content (AvgIpc) is 3.34. The van der Waals surface area contributed by atoms with Gasteiger partial charge in [-0.15, -0.1) is 0 Å². The van der Waals surface area contributed by atoms with Gasteiger partial charge in [0.1, 0.15) is 5.54 Å². The summed E-state index contributed by atoms with van der Waals surface area (Å²) >= 11 is 0. The summed E-state index contributed by atoms with van der Waals surface area (Å²) in [6.07, 6.45) is 12.1. The van der Waals surface area contributed by atoms with Crippen molar-refractivity contribution in [2.75, 3.05) is 7.11 Å². The SMILES string of the molecule is COC(=O)[C@]12CCC(C)(C)C[C@H]1[C@H]1C(=O)C=C3[C@@]4(C)Cc5cnoc5[C@@](C)(N=C=O)C4CC[C@@]3(C)[C@]1(C)CC2. The van der Waals surface area contributed by atoms with Gasteiger partial charge in [-0.3, -0.25) is 9.59 Å². The summed E-state index contributed by atoms with van der Waals surface area (Å²) in [5, 5.41) is 4.08. The van der Waals surface area contributed by atoms with Crippen molar-refractivity contribution in [1.82, 2.24) is 5.16 Å². The van der Waals surface area contributed by atoms with Gasteiger partial charge in [0.25, 0.3) is 0 Å². The summed E-state index contributed by atoms with van der Waals surface area (Å²) in [7, 11) is 1.49. The van der Waals surface area contributed by atoms with Gasteiger partial charge in [-0.2, -0.15) is 4.99 Å². The van der Waals surface area contributed by atoms with Crippen LogP contribution in [0.4, 0.5) is 0 Å². The lowest BCUT2D eigenvalue weighted by molar-refractivity contribution is -0.191. The number of aromatic nitrogens is 1. The van der Waals surface area contributed by atoms with Gasteiger partial charge in [-0.05, 0) is 91.9 Å². The number of isocyanates is 1. The smallest absolute Gasteiger partial charge is 0.312 e. The van der Waals surface area contributed by atoms with E-state index >= 15 is 0 Å². The number of allylic oxidation sites excluding steroid dienone is 2. The second-order valence-corrected chi connectivity index (χ2v) is 15.0. The van der Waals surface area contributed by atoms with Crippen LogP contribution in [0.25, 0.3) is 0 Å². The van der Waals surface area contributed by atoms with E-state index in [1.807, 2.05) is 19.1 Å². The Bertz CT molecular complexity index is 1340. The fourth-order valence-corrected chi connectivity index (χ4v) is 10.7. The molecule has 7 nitrogen and oxygen atoms in total. The quantitative estimate of drug-likeness (QED) is 0.258. The molecular weight excluding hydrogens is 492 g/mol. The van der Waals surface area contributed by atoms with Crippen LogP contribution in [-0.2, 0) is 31.1 Å². The molecule has 3 saturated carbocycles. The van der Waals surface area contributed by atoms with Gasteiger partial charge in [0, 0.05) is 17.4 Å². The fraction of sp³-hybridized carbons (Fsp3) is 0.750. The van der Waals surface area contributed by atoms with Crippen molar-refractivity contribution in [3.63, 3.8) is 0 Å². The second kappa shape index (κ2) is 8.02. The number of rotatable bonds is 2. The molecule has 1 unspecified atom stereocenters. The van der Waals surface area contributed by atoms with E-state index < -0.39 is 16.4 Å². The predicted octanol–water partition coefficient (Wildman–Crippen LogP) is 6.12. The number of carbonyl (C=O) groups excluding carboxylic acids is 3. The molecule has 0 N–H and O–H groups in total. The molecule has 0 aliphatic heterocycles. The Morgan fingerprint density at radius 1 is 1.10 bits per heavy atom. The number of aliphatic imine (C=N–C) groups is 1. The predicted molar refractivity (Wildman–Crippen MR) is 144 cm³/mol. The van der Waals surface area contributed by atoms with E-state index in [0.29, 0.717) is 12.2 Å². The van der Waals surface area contributed by atoms with Crippen LogP contribution in [0, 0.1) is 44.8 Å². The van der Waals surface area contributed by atoms with Crippen molar-refractivity contribution >= 4 is 17.8 Å². The van der Waals surface area contributed by atoms with Gasteiger partial charge in [0.15, 0.2) is 11.5 Å². The van der Waals surface area contributed by atoms with E-state index in [2.05, 4.69) is 44.8 Å². The van der Waals surface area contributed by atoms with Crippen molar-refractivity contribution in [2.45, 2.75) is 98.4 Å². The van der Waals surface area contributed by atoms with Crippen LogP contribution >= 0.6 is 0 Å². The number of methoxy groups -OCH3 is 1. The van der Waals surface area contributed by atoms with Crippen molar-refractivity contribution in [1.29, 1.82) is 0 Å². The summed E-state index contributed by atoms with van der Waals surface area (Å²) in [5.74, 6) is 0.371. The highest BCUT2D eigenvalue weighted by Gasteiger charge is 2.71. The summed E-state index contributed by atoms with van der Waals surface area (Å²) in [6.45, 7) is 13.4. The molecule has 39 heavy (non-hydrogen) atoms. The van der Waals surface area contributed by atoms with Crippen LogP contribution < -0.4 is 0 Å². The summed E-state index contributed by atoms with van der Waals surface area (Å²) in [5.41, 5.74) is -0.212. The Hall–Kier alpha value is -2.53. The van der Waals surface area contributed by atoms with E-state index in [-0.39, 0.29) is 45.8 Å². The molecule has 1 aromatic rings. The lowest BCUT2D eigenvalue weighted by atomic mass is 9.34. The molecule has 0 radical (unpaired) electrons. The lowest BCUT2D eigenvalue weighted by Crippen LogP contribution is -2.66. The van der Waals surface area contributed by atoms with Gasteiger partial charge in [0.05, 0.1) is 18.7 Å². The minimum absolute atomic E-state index is 0.0226. The molecule has 6 rings (SSSR count). The molecule has 5 aliphatic carbocycles. The van der Waals surface area contributed by atoms with E-state index in [4.69, 9.17) is 9.26 Å². The average molecular weight is 535 g/mol. The number of carbonyl (C=O) groups is 2. The van der Waals surface area contributed by atoms with E-state index in [9.17, 15) is 14.4 Å². The van der Waals surface area contributed by atoms with E-state index in [1.165, 1.54) is 12.7 Å². The molecule has 0 saturated heterocycles. The van der Waals surface area contributed by atoms with Crippen LogP contribution in [0.15, 0.2) is 27.4 Å². The number of nitrogens with zero attached hydrogens (tertiary/aromatic N) is 2.